The molecule has 4 amide bonds. The van der Waals surface area contributed by atoms with Crippen LogP contribution in [0.3, 0.4) is 0 Å². The average Bonchev–Trinajstić information content (AvgIpc) is 3.12. The van der Waals surface area contributed by atoms with Gasteiger partial charge in [-0.1, -0.05) is 13.3 Å². The van der Waals surface area contributed by atoms with Crippen molar-refractivity contribution in [1.82, 2.24) is 30.6 Å². The van der Waals surface area contributed by atoms with Gasteiger partial charge in [0.05, 0.1) is 30.9 Å². The van der Waals surface area contributed by atoms with E-state index in [4.69, 9.17) is 0 Å². The topological polar surface area (TPSA) is 108 Å². The lowest BCUT2D eigenvalue weighted by Crippen LogP contribution is -2.36. The predicted molar refractivity (Wildman–Crippen MR) is 89.3 cm³/mol. The summed E-state index contributed by atoms with van der Waals surface area (Å²) in [4.78, 5) is 36.8. The molecule has 0 aromatic carbocycles. The van der Waals surface area contributed by atoms with Crippen LogP contribution in [-0.2, 0) is 29.2 Å². The Hall–Kier alpha value is -2.42. The van der Waals surface area contributed by atoms with Crippen molar-refractivity contribution in [2.24, 2.45) is 0 Å². The van der Waals surface area contributed by atoms with Crippen molar-refractivity contribution in [2.75, 3.05) is 13.1 Å². The molecule has 3 rings (SSSR count). The fraction of sp³-hybridized carbons (Fsp3) is 0.625. The smallest absolute Gasteiger partial charge is 0.322 e. The van der Waals surface area contributed by atoms with Crippen LogP contribution < -0.4 is 16.0 Å². The van der Waals surface area contributed by atoms with Gasteiger partial charge in [0.15, 0.2) is 0 Å². The van der Waals surface area contributed by atoms with Gasteiger partial charge in [0.25, 0.3) is 5.91 Å². The first-order chi connectivity index (χ1) is 12.0. The Morgan fingerprint density at radius 2 is 2.24 bits per heavy atom. The molecule has 0 aliphatic carbocycles. The standard InChI is InChI=1S/C16H24N6O3/c1-2-3-4-21-5-6-22-12(10-21)7-11(20-22)9-17-14(23)8-13-15(24)19-16(25)18-13/h7,13H,2-6,8-10H2,1H3,(H,17,23)(H2,18,19,24,25)/t13-/m0/s1. The Bertz CT molecular complexity index is 671. The highest BCUT2D eigenvalue weighted by Gasteiger charge is 2.31. The lowest BCUT2D eigenvalue weighted by molar-refractivity contribution is -0.126. The third kappa shape index (κ3) is 4.36. The molecular formula is C16H24N6O3. The first-order valence-electron chi connectivity index (χ1n) is 8.71. The summed E-state index contributed by atoms with van der Waals surface area (Å²) in [5.41, 5.74) is 1.97. The number of rotatable bonds is 7. The van der Waals surface area contributed by atoms with Crippen LogP contribution in [0.5, 0.6) is 0 Å². The molecule has 1 atom stereocenters. The highest BCUT2D eigenvalue weighted by Crippen LogP contribution is 2.14. The van der Waals surface area contributed by atoms with Crippen LogP contribution in [0.15, 0.2) is 6.07 Å². The van der Waals surface area contributed by atoms with Gasteiger partial charge in [0.1, 0.15) is 6.04 Å². The zero-order valence-corrected chi connectivity index (χ0v) is 14.4. The molecule has 3 heterocycles. The molecule has 0 spiro atoms. The minimum Gasteiger partial charge on any atom is -0.350 e. The van der Waals surface area contributed by atoms with Gasteiger partial charge in [0.2, 0.25) is 5.91 Å². The van der Waals surface area contributed by atoms with E-state index in [0.29, 0.717) is 6.54 Å². The highest BCUT2D eigenvalue weighted by molar-refractivity contribution is 6.05. The van der Waals surface area contributed by atoms with Crippen molar-refractivity contribution in [3.8, 4) is 0 Å². The van der Waals surface area contributed by atoms with Crippen LogP contribution in [0.25, 0.3) is 0 Å². The lowest BCUT2D eigenvalue weighted by atomic mass is 10.2. The highest BCUT2D eigenvalue weighted by atomic mass is 16.2. The summed E-state index contributed by atoms with van der Waals surface area (Å²) in [5, 5.41) is 11.8. The number of carbonyl (C=O) groups excluding carboxylic acids is 3. The zero-order chi connectivity index (χ0) is 17.8. The fourth-order valence-corrected chi connectivity index (χ4v) is 3.09. The van der Waals surface area contributed by atoms with Crippen molar-refractivity contribution in [3.63, 3.8) is 0 Å². The number of unbranched alkanes of at least 4 members (excludes halogenated alkanes) is 1. The van der Waals surface area contributed by atoms with E-state index < -0.39 is 18.0 Å². The Morgan fingerprint density at radius 1 is 1.40 bits per heavy atom. The molecule has 2 aliphatic heterocycles. The molecule has 1 saturated heterocycles. The summed E-state index contributed by atoms with van der Waals surface area (Å²) in [6.45, 7) is 6.35. The molecule has 3 N–H and O–H groups in total. The molecule has 136 valence electrons. The second-order valence-corrected chi connectivity index (χ2v) is 6.48. The van der Waals surface area contributed by atoms with E-state index in [9.17, 15) is 14.4 Å². The number of urea groups is 1. The minimum atomic E-state index is -0.796. The summed E-state index contributed by atoms with van der Waals surface area (Å²) >= 11 is 0. The molecule has 9 heteroatoms. The van der Waals surface area contributed by atoms with Crippen LogP contribution in [0, 0.1) is 0 Å². The van der Waals surface area contributed by atoms with Gasteiger partial charge in [-0.25, -0.2) is 4.79 Å². The number of aromatic nitrogens is 2. The van der Waals surface area contributed by atoms with Gasteiger partial charge in [-0.2, -0.15) is 5.10 Å². The average molecular weight is 348 g/mol. The molecule has 2 aliphatic rings. The van der Waals surface area contributed by atoms with E-state index in [1.165, 1.54) is 12.8 Å². The minimum absolute atomic E-state index is 0.0735. The molecule has 0 radical (unpaired) electrons. The maximum Gasteiger partial charge on any atom is 0.322 e. The van der Waals surface area contributed by atoms with E-state index >= 15 is 0 Å². The summed E-state index contributed by atoms with van der Waals surface area (Å²) in [5.74, 6) is -0.761. The van der Waals surface area contributed by atoms with Crippen LogP contribution in [0.2, 0.25) is 0 Å². The van der Waals surface area contributed by atoms with Crippen molar-refractivity contribution in [1.29, 1.82) is 0 Å². The van der Waals surface area contributed by atoms with Crippen molar-refractivity contribution in [2.45, 2.75) is 51.9 Å². The SMILES string of the molecule is CCCCN1CCn2nc(CNC(=O)C[C@@H]3NC(=O)NC3=O)cc2C1. The third-order valence-corrected chi connectivity index (χ3v) is 4.47. The number of amides is 4. The van der Waals surface area contributed by atoms with Crippen LogP contribution in [-0.4, -0.2) is 51.7 Å². The third-order valence-electron chi connectivity index (χ3n) is 4.47. The van der Waals surface area contributed by atoms with Crippen molar-refractivity contribution in [3.05, 3.63) is 17.5 Å². The number of hydrogen-bond donors (Lipinski definition) is 3. The van der Waals surface area contributed by atoms with Gasteiger partial charge in [0, 0.05) is 13.1 Å². The van der Waals surface area contributed by atoms with Crippen molar-refractivity contribution >= 4 is 17.8 Å². The van der Waals surface area contributed by atoms with Gasteiger partial charge in [-0.3, -0.25) is 24.5 Å². The molecule has 9 nitrogen and oxygen atoms in total. The van der Waals surface area contributed by atoms with Crippen molar-refractivity contribution < 1.29 is 14.4 Å². The molecule has 1 aromatic rings. The number of hydrogen-bond acceptors (Lipinski definition) is 5. The molecule has 0 unspecified atom stereocenters. The lowest BCUT2D eigenvalue weighted by Gasteiger charge is -2.27. The number of nitrogens with zero attached hydrogens (tertiary/aromatic N) is 3. The maximum absolute atomic E-state index is 12.0. The first kappa shape index (κ1) is 17.4. The number of fused-ring (bicyclic) bond motifs is 1. The molecule has 1 fully saturated rings. The molecule has 25 heavy (non-hydrogen) atoms. The molecule has 1 aromatic heterocycles. The van der Waals surface area contributed by atoms with Crippen LogP contribution in [0.4, 0.5) is 4.79 Å². The van der Waals surface area contributed by atoms with E-state index in [1.807, 2.05) is 10.7 Å². The van der Waals surface area contributed by atoms with Gasteiger partial charge >= 0.3 is 6.03 Å². The number of imide groups is 1. The second kappa shape index (κ2) is 7.64. The maximum atomic E-state index is 12.0. The Morgan fingerprint density at radius 3 is 2.96 bits per heavy atom. The summed E-state index contributed by atoms with van der Waals surface area (Å²) in [6.07, 6.45) is 2.31. The summed E-state index contributed by atoms with van der Waals surface area (Å²) < 4.78 is 1.99. The van der Waals surface area contributed by atoms with Gasteiger partial charge < -0.3 is 10.6 Å². The zero-order valence-electron chi connectivity index (χ0n) is 14.4. The first-order valence-corrected chi connectivity index (χ1v) is 8.71. The second-order valence-electron chi connectivity index (χ2n) is 6.48. The van der Waals surface area contributed by atoms with Gasteiger partial charge in [-0.05, 0) is 19.0 Å². The summed E-state index contributed by atoms with van der Waals surface area (Å²) in [7, 11) is 0. The molecule has 0 bridgehead atoms. The predicted octanol–water partition coefficient (Wildman–Crippen LogP) is -0.287. The Labute approximate surface area is 146 Å². The summed E-state index contributed by atoms with van der Waals surface area (Å²) in [6, 6.07) is 0.662. The monoisotopic (exact) mass is 348 g/mol. The van der Waals surface area contributed by atoms with Crippen LogP contribution in [0.1, 0.15) is 37.6 Å². The van der Waals surface area contributed by atoms with E-state index in [-0.39, 0.29) is 12.3 Å². The quantitative estimate of drug-likeness (QED) is 0.587. The Kier molecular flexibility index (Phi) is 5.32. The van der Waals surface area contributed by atoms with E-state index in [0.717, 1.165) is 37.6 Å². The van der Waals surface area contributed by atoms with Crippen LogP contribution >= 0.6 is 0 Å². The number of carbonyl (C=O) groups is 3. The largest absolute Gasteiger partial charge is 0.350 e. The Balaban J connectivity index is 1.48. The van der Waals surface area contributed by atoms with Gasteiger partial charge in [-0.15, -0.1) is 0 Å². The van der Waals surface area contributed by atoms with E-state index in [1.54, 1.807) is 0 Å². The fourth-order valence-electron chi connectivity index (χ4n) is 3.09. The number of nitrogens with one attached hydrogen (secondary N) is 3. The molecule has 0 saturated carbocycles. The van der Waals surface area contributed by atoms with E-state index in [2.05, 4.69) is 32.9 Å². The molecular weight excluding hydrogens is 324 g/mol. The normalized spacial score (nSPS) is 20.1.